The van der Waals surface area contributed by atoms with Gasteiger partial charge in [0.25, 0.3) is 0 Å². The Hall–Kier alpha value is -1.63. The summed E-state index contributed by atoms with van der Waals surface area (Å²) in [5.41, 5.74) is 5.08. The highest BCUT2D eigenvalue weighted by molar-refractivity contribution is 5.86. The highest BCUT2D eigenvalue weighted by atomic mass is 16.4. The monoisotopic (exact) mass is 243 g/mol. The van der Waals surface area contributed by atoms with Crippen LogP contribution in [0.15, 0.2) is 0 Å². The van der Waals surface area contributed by atoms with E-state index in [4.69, 9.17) is 10.8 Å². The maximum absolute atomic E-state index is 11.7. The highest BCUT2D eigenvalue weighted by Gasteiger charge is 2.36. The standard InChI is InChI=1S/C10H17N3O4/c1-6-4-13(5-7(6)10(16)17)9(15)3-12-8(14)2-11/h6-7H,2-5,11H2,1H3,(H,12,14)(H,16,17)/t6-,7-/m1/s1. The molecule has 2 amide bonds. The van der Waals surface area contributed by atoms with Gasteiger partial charge in [0.15, 0.2) is 0 Å². The number of nitrogens with one attached hydrogen (secondary N) is 1. The molecular formula is C10H17N3O4. The molecule has 1 saturated heterocycles. The van der Waals surface area contributed by atoms with E-state index in [0.29, 0.717) is 6.54 Å². The number of nitrogens with two attached hydrogens (primary N) is 1. The van der Waals surface area contributed by atoms with Gasteiger partial charge in [-0.05, 0) is 5.92 Å². The van der Waals surface area contributed by atoms with Crippen LogP contribution >= 0.6 is 0 Å². The van der Waals surface area contributed by atoms with E-state index in [9.17, 15) is 14.4 Å². The maximum atomic E-state index is 11.7. The summed E-state index contributed by atoms with van der Waals surface area (Å²) in [7, 11) is 0. The van der Waals surface area contributed by atoms with Crippen LogP contribution in [0.1, 0.15) is 6.92 Å². The van der Waals surface area contributed by atoms with Gasteiger partial charge in [-0.2, -0.15) is 0 Å². The fourth-order valence-corrected chi connectivity index (χ4v) is 1.85. The minimum absolute atomic E-state index is 0.0679. The lowest BCUT2D eigenvalue weighted by Gasteiger charge is -2.15. The summed E-state index contributed by atoms with van der Waals surface area (Å²) in [6, 6.07) is 0. The number of rotatable bonds is 4. The van der Waals surface area contributed by atoms with Crippen molar-refractivity contribution in [2.24, 2.45) is 17.6 Å². The minimum atomic E-state index is -0.890. The second-order valence-electron chi connectivity index (χ2n) is 4.20. The molecule has 7 nitrogen and oxygen atoms in total. The van der Waals surface area contributed by atoms with Gasteiger partial charge in [-0.1, -0.05) is 6.92 Å². The van der Waals surface area contributed by atoms with Crippen LogP contribution in [-0.4, -0.2) is 54.0 Å². The smallest absolute Gasteiger partial charge is 0.308 e. The first-order valence-electron chi connectivity index (χ1n) is 5.43. The van der Waals surface area contributed by atoms with E-state index >= 15 is 0 Å². The molecule has 0 aromatic rings. The Labute approximate surface area is 98.9 Å². The number of amides is 2. The zero-order valence-electron chi connectivity index (χ0n) is 9.68. The predicted octanol–water partition coefficient (Wildman–Crippen LogP) is -1.76. The Kier molecular flexibility index (Phi) is 4.45. The lowest BCUT2D eigenvalue weighted by molar-refractivity contribution is -0.142. The van der Waals surface area contributed by atoms with Gasteiger partial charge in [-0.25, -0.2) is 0 Å². The van der Waals surface area contributed by atoms with Crippen molar-refractivity contribution in [1.82, 2.24) is 10.2 Å². The lowest BCUT2D eigenvalue weighted by atomic mass is 9.99. The summed E-state index contributed by atoms with van der Waals surface area (Å²) < 4.78 is 0. The summed E-state index contributed by atoms with van der Waals surface area (Å²) in [4.78, 5) is 34.9. The molecule has 2 atom stereocenters. The van der Waals surface area contributed by atoms with Crippen molar-refractivity contribution >= 4 is 17.8 Å². The van der Waals surface area contributed by atoms with Crippen molar-refractivity contribution in [3.8, 4) is 0 Å². The van der Waals surface area contributed by atoms with Crippen LogP contribution in [0.3, 0.4) is 0 Å². The number of carbonyl (C=O) groups is 3. The molecule has 1 fully saturated rings. The molecular weight excluding hydrogens is 226 g/mol. The Morgan fingerprint density at radius 2 is 2.06 bits per heavy atom. The number of aliphatic carboxylic acids is 1. The third-order valence-corrected chi connectivity index (χ3v) is 2.90. The summed E-state index contributed by atoms with van der Waals surface area (Å²) in [5, 5.41) is 11.3. The highest BCUT2D eigenvalue weighted by Crippen LogP contribution is 2.22. The number of carbonyl (C=O) groups excluding carboxylic acids is 2. The Morgan fingerprint density at radius 1 is 1.41 bits per heavy atom. The minimum Gasteiger partial charge on any atom is -0.481 e. The third-order valence-electron chi connectivity index (χ3n) is 2.90. The average molecular weight is 243 g/mol. The first kappa shape index (κ1) is 13.4. The summed E-state index contributed by atoms with van der Waals surface area (Å²) in [6.07, 6.45) is 0. The van der Waals surface area contributed by atoms with E-state index in [2.05, 4.69) is 5.32 Å². The number of carboxylic acid groups (broad SMARTS) is 1. The number of nitrogens with zero attached hydrogens (tertiary/aromatic N) is 1. The van der Waals surface area contributed by atoms with E-state index in [1.807, 2.05) is 0 Å². The van der Waals surface area contributed by atoms with Crippen molar-refractivity contribution in [3.63, 3.8) is 0 Å². The quantitative estimate of drug-likeness (QED) is 0.541. The summed E-state index contributed by atoms with van der Waals surface area (Å²) in [5.74, 6) is -2.16. The number of likely N-dealkylation sites (tertiary alicyclic amines) is 1. The van der Waals surface area contributed by atoms with E-state index in [1.165, 1.54) is 4.90 Å². The SMILES string of the molecule is C[C@@H]1CN(C(=O)CNC(=O)CN)C[C@H]1C(=O)O. The van der Waals surface area contributed by atoms with Crippen LogP contribution in [0.2, 0.25) is 0 Å². The lowest BCUT2D eigenvalue weighted by Crippen LogP contribution is -2.41. The van der Waals surface area contributed by atoms with E-state index in [-0.39, 0.29) is 31.5 Å². The summed E-state index contributed by atoms with van der Waals surface area (Å²) >= 11 is 0. The van der Waals surface area contributed by atoms with Crippen molar-refractivity contribution in [2.75, 3.05) is 26.2 Å². The molecule has 0 aromatic heterocycles. The Bertz CT molecular complexity index is 332. The van der Waals surface area contributed by atoms with Crippen LogP contribution < -0.4 is 11.1 Å². The van der Waals surface area contributed by atoms with E-state index < -0.39 is 17.8 Å². The van der Waals surface area contributed by atoms with Gasteiger partial charge in [0, 0.05) is 13.1 Å². The van der Waals surface area contributed by atoms with Crippen molar-refractivity contribution in [2.45, 2.75) is 6.92 Å². The molecule has 1 heterocycles. The van der Waals surface area contributed by atoms with Crippen molar-refractivity contribution in [3.05, 3.63) is 0 Å². The first-order valence-corrected chi connectivity index (χ1v) is 5.43. The Morgan fingerprint density at radius 3 is 2.53 bits per heavy atom. The van der Waals surface area contributed by atoms with Crippen LogP contribution in [0, 0.1) is 11.8 Å². The van der Waals surface area contributed by atoms with E-state index in [0.717, 1.165) is 0 Å². The van der Waals surface area contributed by atoms with Crippen molar-refractivity contribution < 1.29 is 19.5 Å². The van der Waals surface area contributed by atoms with Gasteiger partial charge in [0.1, 0.15) is 0 Å². The number of hydrogen-bond acceptors (Lipinski definition) is 4. The normalized spacial score (nSPS) is 23.5. The molecule has 0 bridgehead atoms. The second kappa shape index (κ2) is 5.62. The molecule has 4 N–H and O–H groups in total. The predicted molar refractivity (Wildman–Crippen MR) is 58.9 cm³/mol. The molecule has 1 rings (SSSR count). The van der Waals surface area contributed by atoms with Crippen LogP contribution in [0.4, 0.5) is 0 Å². The average Bonchev–Trinajstić information content (AvgIpc) is 2.67. The maximum Gasteiger partial charge on any atom is 0.308 e. The topological polar surface area (TPSA) is 113 Å². The molecule has 0 unspecified atom stereocenters. The van der Waals surface area contributed by atoms with Crippen molar-refractivity contribution in [1.29, 1.82) is 0 Å². The molecule has 17 heavy (non-hydrogen) atoms. The number of carboxylic acids is 1. The molecule has 96 valence electrons. The fourth-order valence-electron chi connectivity index (χ4n) is 1.85. The van der Waals surface area contributed by atoms with Crippen LogP contribution in [0.25, 0.3) is 0 Å². The van der Waals surface area contributed by atoms with Gasteiger partial charge in [0.05, 0.1) is 19.0 Å². The van der Waals surface area contributed by atoms with Gasteiger partial charge < -0.3 is 21.1 Å². The molecule has 0 aliphatic carbocycles. The molecule has 1 aliphatic rings. The third kappa shape index (κ3) is 3.42. The van der Waals surface area contributed by atoms with E-state index in [1.54, 1.807) is 6.92 Å². The zero-order chi connectivity index (χ0) is 13.0. The van der Waals surface area contributed by atoms with Gasteiger partial charge in [0.2, 0.25) is 11.8 Å². The molecule has 1 aliphatic heterocycles. The van der Waals surface area contributed by atoms with Gasteiger partial charge in [-0.15, -0.1) is 0 Å². The molecule has 0 radical (unpaired) electrons. The largest absolute Gasteiger partial charge is 0.481 e. The summed E-state index contributed by atoms with van der Waals surface area (Å²) in [6.45, 7) is 2.11. The van der Waals surface area contributed by atoms with Crippen LogP contribution in [-0.2, 0) is 14.4 Å². The molecule has 0 saturated carbocycles. The van der Waals surface area contributed by atoms with Crippen LogP contribution in [0.5, 0.6) is 0 Å². The molecule has 0 aromatic carbocycles. The molecule has 7 heteroatoms. The second-order valence-corrected chi connectivity index (χ2v) is 4.20. The zero-order valence-corrected chi connectivity index (χ0v) is 9.68. The first-order chi connectivity index (χ1) is 7.95. The van der Waals surface area contributed by atoms with Gasteiger partial charge in [-0.3, -0.25) is 14.4 Å². The van der Waals surface area contributed by atoms with Gasteiger partial charge >= 0.3 is 5.97 Å². The molecule has 0 spiro atoms. The Balaban J connectivity index is 2.45. The number of hydrogen-bond donors (Lipinski definition) is 3. The fraction of sp³-hybridized carbons (Fsp3) is 0.700.